The van der Waals surface area contributed by atoms with E-state index in [0.717, 1.165) is 0 Å². The molecule has 0 heterocycles. The van der Waals surface area contributed by atoms with Crippen LogP contribution >= 0.6 is 23.2 Å². The van der Waals surface area contributed by atoms with E-state index >= 15 is 0 Å². The summed E-state index contributed by atoms with van der Waals surface area (Å²) in [5, 5.41) is 0.867. The Kier molecular flexibility index (Phi) is 6.89. The van der Waals surface area contributed by atoms with Crippen molar-refractivity contribution < 1.29 is 14.3 Å². The minimum atomic E-state index is -0.223. The topological polar surface area (TPSA) is 43.4 Å². The molecule has 1 rings (SSSR count). The standard InChI is InChI=1S/C14H16Cl2O3/c1-2-19-14(18)6-4-3-5-13(17)11-8-7-10(15)9-12(11)16/h7-9H,2-6H2,1H3. The Morgan fingerprint density at radius 3 is 2.47 bits per heavy atom. The van der Waals surface area contributed by atoms with Crippen LogP contribution in [0.1, 0.15) is 43.0 Å². The third kappa shape index (κ3) is 5.62. The molecule has 0 N–H and O–H groups in total. The summed E-state index contributed by atoms with van der Waals surface area (Å²) in [7, 11) is 0. The van der Waals surface area contributed by atoms with Crippen LogP contribution in [0, 0.1) is 0 Å². The molecule has 0 aliphatic heterocycles. The number of ketones is 1. The molecular formula is C14H16Cl2O3. The van der Waals surface area contributed by atoms with E-state index in [9.17, 15) is 9.59 Å². The van der Waals surface area contributed by atoms with Crippen LogP contribution in [-0.2, 0) is 9.53 Å². The van der Waals surface area contributed by atoms with Crippen molar-refractivity contribution in [3.8, 4) is 0 Å². The molecule has 1 aromatic carbocycles. The largest absolute Gasteiger partial charge is 0.466 e. The van der Waals surface area contributed by atoms with Gasteiger partial charge in [-0.3, -0.25) is 9.59 Å². The zero-order valence-electron chi connectivity index (χ0n) is 10.7. The molecule has 0 saturated carbocycles. The lowest BCUT2D eigenvalue weighted by Gasteiger charge is -2.04. The van der Waals surface area contributed by atoms with E-state index in [4.69, 9.17) is 27.9 Å². The zero-order valence-corrected chi connectivity index (χ0v) is 12.3. The number of esters is 1. The van der Waals surface area contributed by atoms with Crippen molar-refractivity contribution in [3.05, 3.63) is 33.8 Å². The fourth-order valence-electron chi connectivity index (χ4n) is 1.64. The molecule has 3 nitrogen and oxygen atoms in total. The molecule has 104 valence electrons. The first-order valence-electron chi connectivity index (χ1n) is 6.18. The lowest BCUT2D eigenvalue weighted by Crippen LogP contribution is -2.04. The van der Waals surface area contributed by atoms with Gasteiger partial charge in [0.2, 0.25) is 0 Å². The maximum atomic E-state index is 11.9. The molecule has 19 heavy (non-hydrogen) atoms. The molecule has 0 unspecified atom stereocenters. The van der Waals surface area contributed by atoms with Gasteiger partial charge in [0.15, 0.2) is 5.78 Å². The summed E-state index contributed by atoms with van der Waals surface area (Å²) >= 11 is 11.7. The Balaban J connectivity index is 2.37. The molecule has 0 fully saturated rings. The van der Waals surface area contributed by atoms with Crippen molar-refractivity contribution in [3.63, 3.8) is 0 Å². The second-order valence-electron chi connectivity index (χ2n) is 4.06. The fraction of sp³-hybridized carbons (Fsp3) is 0.429. The van der Waals surface area contributed by atoms with Gasteiger partial charge in [-0.1, -0.05) is 23.2 Å². The first kappa shape index (κ1) is 16.0. The third-order valence-electron chi connectivity index (χ3n) is 2.57. The molecule has 0 aromatic heterocycles. The summed E-state index contributed by atoms with van der Waals surface area (Å²) in [6, 6.07) is 4.81. The maximum Gasteiger partial charge on any atom is 0.305 e. The van der Waals surface area contributed by atoms with Crippen molar-refractivity contribution >= 4 is 35.0 Å². The van der Waals surface area contributed by atoms with Crippen LogP contribution in [0.3, 0.4) is 0 Å². The van der Waals surface area contributed by atoms with Crippen LogP contribution in [0.15, 0.2) is 18.2 Å². The second kappa shape index (κ2) is 8.18. The molecule has 1 aromatic rings. The lowest BCUT2D eigenvalue weighted by molar-refractivity contribution is -0.143. The average molecular weight is 303 g/mol. The fourth-order valence-corrected chi connectivity index (χ4v) is 2.15. The summed E-state index contributed by atoms with van der Waals surface area (Å²) in [5.41, 5.74) is 0.474. The number of rotatable bonds is 7. The van der Waals surface area contributed by atoms with E-state index in [1.54, 1.807) is 25.1 Å². The van der Waals surface area contributed by atoms with E-state index in [1.165, 1.54) is 0 Å². The number of hydrogen-bond acceptors (Lipinski definition) is 3. The van der Waals surface area contributed by atoms with Gasteiger partial charge in [0, 0.05) is 23.4 Å². The van der Waals surface area contributed by atoms with Gasteiger partial charge in [-0.25, -0.2) is 0 Å². The molecule has 0 radical (unpaired) electrons. The van der Waals surface area contributed by atoms with E-state index in [1.807, 2.05) is 0 Å². The van der Waals surface area contributed by atoms with Crippen molar-refractivity contribution in [1.29, 1.82) is 0 Å². The van der Waals surface area contributed by atoms with E-state index in [-0.39, 0.29) is 11.8 Å². The summed E-state index contributed by atoms with van der Waals surface area (Å²) in [4.78, 5) is 23.0. The number of carbonyl (C=O) groups excluding carboxylic acids is 2. The Hall–Kier alpha value is -1.06. The SMILES string of the molecule is CCOC(=O)CCCCC(=O)c1ccc(Cl)cc1Cl. The second-order valence-corrected chi connectivity index (χ2v) is 4.90. The van der Waals surface area contributed by atoms with E-state index in [0.29, 0.717) is 47.9 Å². The summed E-state index contributed by atoms with van der Waals surface area (Å²) in [6.45, 7) is 2.15. The molecule has 0 saturated heterocycles. The quantitative estimate of drug-likeness (QED) is 0.428. The Morgan fingerprint density at radius 1 is 1.16 bits per heavy atom. The van der Waals surface area contributed by atoms with Crippen LogP contribution in [0.2, 0.25) is 10.0 Å². The minimum Gasteiger partial charge on any atom is -0.466 e. The molecule has 0 aliphatic rings. The van der Waals surface area contributed by atoms with Crippen LogP contribution in [0.5, 0.6) is 0 Å². The molecule has 0 aliphatic carbocycles. The maximum absolute atomic E-state index is 11.9. The highest BCUT2D eigenvalue weighted by Gasteiger charge is 2.11. The highest BCUT2D eigenvalue weighted by Crippen LogP contribution is 2.22. The number of carbonyl (C=O) groups is 2. The normalized spacial score (nSPS) is 10.3. The number of unbranched alkanes of at least 4 members (excludes halogenated alkanes) is 1. The van der Waals surface area contributed by atoms with Crippen molar-refractivity contribution in [2.24, 2.45) is 0 Å². The van der Waals surface area contributed by atoms with Crippen LogP contribution < -0.4 is 0 Å². The number of halogens is 2. The molecule has 5 heteroatoms. The van der Waals surface area contributed by atoms with Crippen LogP contribution in [0.4, 0.5) is 0 Å². The lowest BCUT2D eigenvalue weighted by atomic mass is 10.0. The summed E-state index contributed by atoms with van der Waals surface area (Å²) in [6.07, 6.45) is 1.97. The summed E-state index contributed by atoms with van der Waals surface area (Å²) < 4.78 is 4.81. The van der Waals surface area contributed by atoms with Gasteiger partial charge >= 0.3 is 5.97 Å². The average Bonchev–Trinajstić information content (AvgIpc) is 2.34. The predicted octanol–water partition coefficient (Wildman–Crippen LogP) is 4.30. The van der Waals surface area contributed by atoms with Gasteiger partial charge in [-0.15, -0.1) is 0 Å². The monoisotopic (exact) mass is 302 g/mol. The zero-order chi connectivity index (χ0) is 14.3. The molecule has 0 spiro atoms. The van der Waals surface area contributed by atoms with Gasteiger partial charge < -0.3 is 4.74 Å². The number of hydrogen-bond donors (Lipinski definition) is 0. The third-order valence-corrected chi connectivity index (χ3v) is 3.12. The highest BCUT2D eigenvalue weighted by molar-refractivity contribution is 6.36. The van der Waals surface area contributed by atoms with Gasteiger partial charge in [0.05, 0.1) is 11.6 Å². The van der Waals surface area contributed by atoms with Gasteiger partial charge in [-0.05, 0) is 38.0 Å². The number of benzene rings is 1. The Bertz CT molecular complexity index is 458. The van der Waals surface area contributed by atoms with Gasteiger partial charge in [0.1, 0.15) is 0 Å². The Morgan fingerprint density at radius 2 is 1.84 bits per heavy atom. The first-order chi connectivity index (χ1) is 9.04. The number of ether oxygens (including phenoxy) is 1. The minimum absolute atomic E-state index is 0.0366. The van der Waals surface area contributed by atoms with Gasteiger partial charge in [0.25, 0.3) is 0 Å². The highest BCUT2D eigenvalue weighted by atomic mass is 35.5. The summed E-state index contributed by atoms with van der Waals surface area (Å²) in [5.74, 6) is -0.259. The number of Topliss-reactive ketones (excluding diaryl/α,β-unsaturated/α-hetero) is 1. The van der Waals surface area contributed by atoms with E-state index < -0.39 is 0 Å². The van der Waals surface area contributed by atoms with Crippen LogP contribution in [0.25, 0.3) is 0 Å². The van der Waals surface area contributed by atoms with E-state index in [2.05, 4.69) is 0 Å². The molecular weight excluding hydrogens is 287 g/mol. The molecule has 0 bridgehead atoms. The smallest absolute Gasteiger partial charge is 0.305 e. The van der Waals surface area contributed by atoms with Crippen molar-refractivity contribution in [2.75, 3.05) is 6.61 Å². The van der Waals surface area contributed by atoms with Crippen LogP contribution in [-0.4, -0.2) is 18.4 Å². The molecule has 0 amide bonds. The Labute approximate surface area is 122 Å². The van der Waals surface area contributed by atoms with Gasteiger partial charge in [-0.2, -0.15) is 0 Å². The predicted molar refractivity (Wildman–Crippen MR) is 75.9 cm³/mol. The first-order valence-corrected chi connectivity index (χ1v) is 6.94. The van der Waals surface area contributed by atoms with Crippen molar-refractivity contribution in [1.82, 2.24) is 0 Å². The molecule has 0 atom stereocenters. The van der Waals surface area contributed by atoms with Crippen molar-refractivity contribution in [2.45, 2.75) is 32.6 Å².